The van der Waals surface area contributed by atoms with Crippen molar-refractivity contribution >= 4 is 17.5 Å². The number of hydrogen-bond donors (Lipinski definition) is 1. The van der Waals surface area contributed by atoms with Crippen LogP contribution in [0.4, 0.5) is 0 Å². The number of fused-ring (bicyclic) bond motifs is 1. The van der Waals surface area contributed by atoms with E-state index in [4.69, 9.17) is 21.1 Å². The van der Waals surface area contributed by atoms with Crippen LogP contribution in [0.1, 0.15) is 73.1 Å². The van der Waals surface area contributed by atoms with Crippen molar-refractivity contribution in [1.29, 1.82) is 0 Å². The van der Waals surface area contributed by atoms with Gasteiger partial charge in [0.2, 0.25) is 0 Å². The Kier molecular flexibility index (Phi) is 6.50. The Hall–Kier alpha value is -2.99. The first-order valence-corrected chi connectivity index (χ1v) is 12.5. The minimum Gasteiger partial charge on any atom is -0.493 e. The summed E-state index contributed by atoms with van der Waals surface area (Å²) in [7, 11) is 1.66. The molecule has 1 aliphatic carbocycles. The van der Waals surface area contributed by atoms with E-state index in [-0.39, 0.29) is 18.0 Å². The molecule has 6 nitrogen and oxygen atoms in total. The van der Waals surface area contributed by atoms with E-state index in [2.05, 4.69) is 28.1 Å². The van der Waals surface area contributed by atoms with Gasteiger partial charge in [-0.1, -0.05) is 56.0 Å². The molecule has 0 radical (unpaired) electrons. The van der Waals surface area contributed by atoms with Crippen molar-refractivity contribution in [2.75, 3.05) is 13.7 Å². The van der Waals surface area contributed by atoms with Gasteiger partial charge in [0.05, 0.1) is 25.5 Å². The molecule has 34 heavy (non-hydrogen) atoms. The van der Waals surface area contributed by atoms with Gasteiger partial charge in [0, 0.05) is 22.2 Å². The number of aromatic amines is 1. The summed E-state index contributed by atoms with van der Waals surface area (Å²) in [5, 5.41) is 8.28. The molecule has 178 valence electrons. The quantitative estimate of drug-likeness (QED) is 0.379. The third-order valence-electron chi connectivity index (χ3n) is 6.90. The van der Waals surface area contributed by atoms with Crippen LogP contribution in [0.15, 0.2) is 42.5 Å². The first kappa shape index (κ1) is 22.8. The van der Waals surface area contributed by atoms with Crippen molar-refractivity contribution in [3.05, 3.63) is 64.3 Å². The predicted octanol–water partition coefficient (Wildman–Crippen LogP) is 6.41. The molecule has 1 saturated carbocycles. The number of methoxy groups -OCH3 is 1. The first-order valence-electron chi connectivity index (χ1n) is 12.1. The van der Waals surface area contributed by atoms with E-state index in [0.29, 0.717) is 23.1 Å². The van der Waals surface area contributed by atoms with Crippen LogP contribution < -0.4 is 9.47 Å². The highest BCUT2D eigenvalue weighted by atomic mass is 35.5. The lowest BCUT2D eigenvalue weighted by molar-refractivity contribution is 0.0660. The number of nitrogens with one attached hydrogen (secondary N) is 1. The monoisotopic (exact) mass is 479 g/mol. The Morgan fingerprint density at radius 2 is 1.88 bits per heavy atom. The van der Waals surface area contributed by atoms with Crippen LogP contribution in [0, 0.1) is 0 Å². The number of hydrogen-bond acceptors (Lipinski definition) is 4. The molecule has 2 aliphatic rings. The van der Waals surface area contributed by atoms with Crippen LogP contribution in [0.5, 0.6) is 11.5 Å². The molecule has 1 aromatic heterocycles. The highest BCUT2D eigenvalue weighted by molar-refractivity contribution is 6.30. The minimum atomic E-state index is -0.242. The minimum absolute atomic E-state index is 0.0156. The summed E-state index contributed by atoms with van der Waals surface area (Å²) >= 11 is 6.12. The fourth-order valence-electron chi connectivity index (χ4n) is 5.18. The van der Waals surface area contributed by atoms with Crippen LogP contribution in [-0.4, -0.2) is 40.8 Å². The molecule has 1 N–H and O–H groups in total. The fourth-order valence-corrected chi connectivity index (χ4v) is 5.31. The van der Waals surface area contributed by atoms with Crippen LogP contribution in [0.3, 0.4) is 0 Å². The van der Waals surface area contributed by atoms with Crippen molar-refractivity contribution < 1.29 is 14.3 Å². The van der Waals surface area contributed by atoms with Crippen LogP contribution in [-0.2, 0) is 0 Å². The molecule has 1 amide bonds. The van der Waals surface area contributed by atoms with Crippen LogP contribution in [0.2, 0.25) is 5.02 Å². The Labute approximate surface area is 205 Å². The summed E-state index contributed by atoms with van der Waals surface area (Å²) in [4.78, 5) is 15.7. The molecule has 0 spiro atoms. The van der Waals surface area contributed by atoms with E-state index in [9.17, 15) is 4.79 Å². The molecular formula is C27H30ClN3O3. The number of rotatable bonds is 8. The maximum absolute atomic E-state index is 13.6. The van der Waals surface area contributed by atoms with E-state index in [1.54, 1.807) is 7.11 Å². The van der Waals surface area contributed by atoms with Gasteiger partial charge < -0.3 is 14.4 Å². The molecule has 7 heteroatoms. The third kappa shape index (κ3) is 4.05. The Morgan fingerprint density at radius 1 is 1.12 bits per heavy atom. The molecule has 5 rings (SSSR count). The van der Waals surface area contributed by atoms with E-state index >= 15 is 0 Å². The number of halogens is 1. The zero-order chi connectivity index (χ0) is 23.7. The predicted molar refractivity (Wildman–Crippen MR) is 133 cm³/mol. The fraction of sp³-hybridized carbons (Fsp3) is 0.407. The van der Waals surface area contributed by atoms with Gasteiger partial charge in [-0.25, -0.2) is 0 Å². The summed E-state index contributed by atoms with van der Waals surface area (Å²) < 4.78 is 11.7. The zero-order valence-corrected chi connectivity index (χ0v) is 20.4. The van der Waals surface area contributed by atoms with E-state index < -0.39 is 0 Å². The maximum atomic E-state index is 13.6. The standard InChI is InChI=1S/C27H30ClN3O3/c1-3-4-15-34-21-14-11-18(16-22(21)33-2)26-23-24(17-9-12-19(28)13-10-17)29-30-25(23)27(32)31(26)20-7-5-6-8-20/h9-14,16,20,26H,3-8,15H2,1-2H3,(H,29,30). The summed E-state index contributed by atoms with van der Waals surface area (Å²) in [6, 6.07) is 13.6. The van der Waals surface area contributed by atoms with E-state index in [1.807, 2.05) is 36.4 Å². The summed E-state index contributed by atoms with van der Waals surface area (Å²) in [6.07, 6.45) is 6.38. The number of ether oxygens (including phenoxy) is 2. The second-order valence-electron chi connectivity index (χ2n) is 9.03. The van der Waals surface area contributed by atoms with Gasteiger partial charge in [-0.15, -0.1) is 0 Å². The third-order valence-corrected chi connectivity index (χ3v) is 7.15. The number of carbonyl (C=O) groups excluding carboxylic acids is 1. The van der Waals surface area contributed by atoms with Crippen molar-refractivity contribution in [3.8, 4) is 22.8 Å². The van der Waals surface area contributed by atoms with E-state index in [1.165, 1.54) is 0 Å². The van der Waals surface area contributed by atoms with Crippen molar-refractivity contribution in [2.24, 2.45) is 0 Å². The molecule has 0 bridgehead atoms. The van der Waals surface area contributed by atoms with E-state index in [0.717, 1.165) is 66.7 Å². The highest BCUT2D eigenvalue weighted by Gasteiger charge is 2.45. The van der Waals surface area contributed by atoms with Gasteiger partial charge in [0.1, 0.15) is 5.69 Å². The van der Waals surface area contributed by atoms with Crippen molar-refractivity contribution in [3.63, 3.8) is 0 Å². The highest BCUT2D eigenvalue weighted by Crippen LogP contribution is 2.47. The largest absolute Gasteiger partial charge is 0.493 e. The van der Waals surface area contributed by atoms with Crippen LogP contribution >= 0.6 is 11.6 Å². The second kappa shape index (κ2) is 9.71. The Morgan fingerprint density at radius 3 is 2.59 bits per heavy atom. The maximum Gasteiger partial charge on any atom is 0.273 e. The lowest BCUT2D eigenvalue weighted by Crippen LogP contribution is -2.37. The molecule has 1 aliphatic heterocycles. The molecule has 0 saturated heterocycles. The van der Waals surface area contributed by atoms with Gasteiger partial charge in [-0.3, -0.25) is 9.89 Å². The summed E-state index contributed by atoms with van der Waals surface area (Å²) in [6.45, 7) is 2.79. The number of carbonyl (C=O) groups is 1. The topological polar surface area (TPSA) is 67.5 Å². The lowest BCUT2D eigenvalue weighted by Gasteiger charge is -2.32. The molecule has 2 aromatic carbocycles. The number of nitrogens with zero attached hydrogens (tertiary/aromatic N) is 2. The number of aromatic nitrogens is 2. The average Bonchev–Trinajstić information content (AvgIpc) is 3.58. The molecule has 1 atom stereocenters. The number of benzene rings is 2. The molecule has 2 heterocycles. The second-order valence-corrected chi connectivity index (χ2v) is 9.47. The first-order chi connectivity index (χ1) is 16.6. The lowest BCUT2D eigenvalue weighted by atomic mass is 9.95. The average molecular weight is 480 g/mol. The normalized spacial score (nSPS) is 17.9. The smallest absolute Gasteiger partial charge is 0.273 e. The molecule has 3 aromatic rings. The van der Waals surface area contributed by atoms with Crippen LogP contribution in [0.25, 0.3) is 11.3 Å². The number of amides is 1. The molecular weight excluding hydrogens is 450 g/mol. The Bertz CT molecular complexity index is 1170. The summed E-state index contributed by atoms with van der Waals surface area (Å²) in [5.74, 6) is 1.42. The number of unbranched alkanes of at least 4 members (excludes halogenated alkanes) is 1. The van der Waals surface area contributed by atoms with Gasteiger partial charge >= 0.3 is 0 Å². The molecule has 1 fully saturated rings. The van der Waals surface area contributed by atoms with Crippen molar-refractivity contribution in [1.82, 2.24) is 15.1 Å². The van der Waals surface area contributed by atoms with Gasteiger partial charge in [0.15, 0.2) is 11.5 Å². The molecule has 1 unspecified atom stereocenters. The zero-order valence-electron chi connectivity index (χ0n) is 19.6. The van der Waals surface area contributed by atoms with Gasteiger partial charge in [-0.05, 0) is 49.1 Å². The SMILES string of the molecule is CCCCOc1ccc(C2c3c(-c4ccc(Cl)cc4)n[nH]c3C(=O)N2C2CCCC2)cc1OC. The van der Waals surface area contributed by atoms with Crippen molar-refractivity contribution in [2.45, 2.75) is 57.5 Å². The van der Waals surface area contributed by atoms with Gasteiger partial charge in [0.25, 0.3) is 5.91 Å². The Balaban J connectivity index is 1.60. The number of H-pyrrole nitrogens is 1. The van der Waals surface area contributed by atoms with Gasteiger partial charge in [-0.2, -0.15) is 5.10 Å². The summed E-state index contributed by atoms with van der Waals surface area (Å²) in [5.41, 5.74) is 4.20.